The van der Waals surface area contributed by atoms with E-state index in [2.05, 4.69) is 196 Å². The molecule has 9 aromatic rings. The molecule has 0 bridgehead atoms. The Hall–Kier alpha value is -6.24. The maximum atomic E-state index is 2.46. The molecule has 240 valence electrons. The first kappa shape index (κ1) is 29.7. The summed E-state index contributed by atoms with van der Waals surface area (Å²) >= 11 is 0. The van der Waals surface area contributed by atoms with Crippen molar-refractivity contribution in [2.75, 3.05) is 0 Å². The van der Waals surface area contributed by atoms with Crippen LogP contribution in [0.2, 0.25) is 0 Å². The molecule has 9 aromatic carbocycles. The quantitative estimate of drug-likeness (QED) is 0.167. The van der Waals surface area contributed by atoms with Gasteiger partial charge in [-0.1, -0.05) is 178 Å². The maximum absolute atomic E-state index is 2.46. The van der Waals surface area contributed by atoms with Crippen LogP contribution in [-0.4, -0.2) is 0 Å². The maximum Gasteiger partial charge on any atom is 0.0159 e. The third-order valence-electron chi connectivity index (χ3n) is 11.3. The molecule has 0 atom stereocenters. The number of rotatable bonds is 4. The van der Waals surface area contributed by atoms with Gasteiger partial charge in [0.2, 0.25) is 0 Å². The normalized spacial score (nSPS) is 13.1. The number of hydrogen-bond donors (Lipinski definition) is 0. The number of fused-ring (bicyclic) bond motifs is 6. The Labute approximate surface area is 299 Å². The minimum atomic E-state index is -0.0560. The fraction of sp³-hybridized carbons (Fsp3) is 0.0588. The smallest absolute Gasteiger partial charge is 0.0159 e. The molecule has 0 fully saturated rings. The van der Waals surface area contributed by atoms with E-state index in [1.807, 2.05) is 0 Å². The molecule has 0 radical (unpaired) electrons. The fourth-order valence-corrected chi connectivity index (χ4v) is 8.77. The van der Waals surface area contributed by atoms with E-state index < -0.39 is 0 Å². The van der Waals surface area contributed by atoms with Crippen molar-refractivity contribution in [1.29, 1.82) is 0 Å². The summed E-state index contributed by atoms with van der Waals surface area (Å²) in [5, 5.41) is 7.59. The lowest BCUT2D eigenvalue weighted by Crippen LogP contribution is -2.14. The minimum absolute atomic E-state index is 0.0560. The Morgan fingerprint density at radius 1 is 0.294 bits per heavy atom. The molecule has 0 amide bonds. The van der Waals surface area contributed by atoms with Crippen LogP contribution < -0.4 is 0 Å². The van der Waals surface area contributed by atoms with Crippen LogP contribution in [0.1, 0.15) is 25.0 Å². The van der Waals surface area contributed by atoms with Crippen LogP contribution in [0.15, 0.2) is 182 Å². The molecule has 0 aromatic heterocycles. The van der Waals surface area contributed by atoms with Gasteiger partial charge in [-0.05, 0) is 117 Å². The van der Waals surface area contributed by atoms with Gasteiger partial charge in [0.1, 0.15) is 0 Å². The largest absolute Gasteiger partial charge is 0.0622 e. The SMILES string of the molecule is CC1(C)c2ccccc2-c2ccc(-c3ccc4c(-c5cccc6ccccc56)c5ccccc5c(-c5cccc(-c6ccccc6)c5)c4c3)cc21. The molecule has 0 N–H and O–H groups in total. The molecular formula is C51H36. The zero-order valence-electron chi connectivity index (χ0n) is 28.8. The standard InChI is InChI=1S/C51H36/c1-51(2)47-25-11-10-21-40(47)41-28-26-37(32-48(41)51)36-27-29-45-46(31-36)49(38-19-12-18-35(30-38)33-14-4-3-5-15-33)43-22-8-9-23-44(43)50(45)42-24-13-17-34-16-6-7-20-39(34)42/h3-32H,1-2H3. The van der Waals surface area contributed by atoms with E-state index in [0.29, 0.717) is 0 Å². The first-order chi connectivity index (χ1) is 25.1. The molecule has 51 heavy (non-hydrogen) atoms. The van der Waals surface area contributed by atoms with Gasteiger partial charge in [0.15, 0.2) is 0 Å². The topological polar surface area (TPSA) is 0 Å². The molecule has 0 unspecified atom stereocenters. The van der Waals surface area contributed by atoms with Crippen molar-refractivity contribution in [2.24, 2.45) is 0 Å². The fourth-order valence-electron chi connectivity index (χ4n) is 8.77. The third kappa shape index (κ3) is 4.60. The lowest BCUT2D eigenvalue weighted by Gasteiger charge is -2.22. The van der Waals surface area contributed by atoms with Gasteiger partial charge in [0, 0.05) is 5.41 Å². The molecule has 0 saturated heterocycles. The molecule has 0 spiro atoms. The first-order valence-electron chi connectivity index (χ1n) is 17.9. The summed E-state index contributed by atoms with van der Waals surface area (Å²) < 4.78 is 0. The van der Waals surface area contributed by atoms with Gasteiger partial charge >= 0.3 is 0 Å². The molecule has 0 heterocycles. The zero-order chi connectivity index (χ0) is 34.1. The van der Waals surface area contributed by atoms with Crippen molar-refractivity contribution in [3.63, 3.8) is 0 Å². The Morgan fingerprint density at radius 2 is 0.843 bits per heavy atom. The van der Waals surface area contributed by atoms with Crippen molar-refractivity contribution in [3.8, 4) is 55.6 Å². The van der Waals surface area contributed by atoms with Crippen molar-refractivity contribution < 1.29 is 0 Å². The average molecular weight is 649 g/mol. The second-order valence-electron chi connectivity index (χ2n) is 14.5. The highest BCUT2D eigenvalue weighted by molar-refractivity contribution is 6.24. The van der Waals surface area contributed by atoms with Crippen molar-refractivity contribution in [2.45, 2.75) is 19.3 Å². The Bertz CT molecular complexity index is 2810. The van der Waals surface area contributed by atoms with Gasteiger partial charge in [-0.15, -0.1) is 0 Å². The van der Waals surface area contributed by atoms with Crippen LogP contribution in [0.4, 0.5) is 0 Å². The van der Waals surface area contributed by atoms with Crippen LogP contribution >= 0.6 is 0 Å². The molecule has 0 nitrogen and oxygen atoms in total. The van der Waals surface area contributed by atoms with E-state index in [4.69, 9.17) is 0 Å². The summed E-state index contributed by atoms with van der Waals surface area (Å²) in [5.74, 6) is 0. The van der Waals surface area contributed by atoms with E-state index >= 15 is 0 Å². The van der Waals surface area contributed by atoms with E-state index in [9.17, 15) is 0 Å². The monoisotopic (exact) mass is 648 g/mol. The van der Waals surface area contributed by atoms with Gasteiger partial charge in [0.05, 0.1) is 0 Å². The second-order valence-corrected chi connectivity index (χ2v) is 14.5. The Morgan fingerprint density at radius 3 is 1.71 bits per heavy atom. The van der Waals surface area contributed by atoms with E-state index in [0.717, 1.165) is 0 Å². The van der Waals surface area contributed by atoms with E-state index in [-0.39, 0.29) is 5.41 Å². The molecule has 0 aliphatic heterocycles. The highest BCUT2D eigenvalue weighted by atomic mass is 14.4. The lowest BCUT2D eigenvalue weighted by molar-refractivity contribution is 0.660. The average Bonchev–Trinajstić information content (AvgIpc) is 3.42. The molecule has 10 rings (SSSR count). The van der Waals surface area contributed by atoms with Crippen LogP contribution in [-0.2, 0) is 5.41 Å². The van der Waals surface area contributed by atoms with Crippen LogP contribution in [0.25, 0.3) is 88.0 Å². The zero-order valence-corrected chi connectivity index (χ0v) is 28.8. The van der Waals surface area contributed by atoms with Crippen molar-refractivity contribution in [3.05, 3.63) is 193 Å². The Balaban J connectivity index is 1.28. The summed E-state index contributed by atoms with van der Waals surface area (Å²) in [4.78, 5) is 0. The van der Waals surface area contributed by atoms with Gasteiger partial charge in [-0.2, -0.15) is 0 Å². The van der Waals surface area contributed by atoms with Crippen molar-refractivity contribution >= 4 is 32.3 Å². The predicted molar refractivity (Wildman–Crippen MR) is 218 cm³/mol. The molecule has 0 saturated carbocycles. The van der Waals surface area contributed by atoms with Crippen LogP contribution in [0.3, 0.4) is 0 Å². The van der Waals surface area contributed by atoms with E-state index in [1.165, 1.54) is 99.1 Å². The van der Waals surface area contributed by atoms with E-state index in [1.54, 1.807) is 0 Å². The third-order valence-corrected chi connectivity index (χ3v) is 11.3. The molecular weight excluding hydrogens is 613 g/mol. The summed E-state index contributed by atoms with van der Waals surface area (Å²) in [7, 11) is 0. The second kappa shape index (κ2) is 11.4. The summed E-state index contributed by atoms with van der Waals surface area (Å²) in [6.07, 6.45) is 0. The lowest BCUT2D eigenvalue weighted by atomic mass is 9.81. The number of hydrogen-bond acceptors (Lipinski definition) is 0. The van der Waals surface area contributed by atoms with Crippen molar-refractivity contribution in [1.82, 2.24) is 0 Å². The molecule has 1 aliphatic rings. The van der Waals surface area contributed by atoms with Crippen LogP contribution in [0, 0.1) is 0 Å². The van der Waals surface area contributed by atoms with Gasteiger partial charge < -0.3 is 0 Å². The minimum Gasteiger partial charge on any atom is -0.0622 e. The number of benzene rings is 9. The van der Waals surface area contributed by atoms with Gasteiger partial charge in [-0.3, -0.25) is 0 Å². The summed E-state index contributed by atoms with van der Waals surface area (Å²) in [6.45, 7) is 4.73. The predicted octanol–water partition coefficient (Wildman–Crippen LogP) is 14.1. The molecule has 0 heteroatoms. The highest BCUT2D eigenvalue weighted by Crippen LogP contribution is 2.51. The first-order valence-corrected chi connectivity index (χ1v) is 17.9. The molecule has 1 aliphatic carbocycles. The van der Waals surface area contributed by atoms with Gasteiger partial charge in [-0.25, -0.2) is 0 Å². The Kier molecular flexibility index (Phi) is 6.63. The van der Waals surface area contributed by atoms with Gasteiger partial charge in [0.25, 0.3) is 0 Å². The highest BCUT2D eigenvalue weighted by Gasteiger charge is 2.35. The van der Waals surface area contributed by atoms with Crippen LogP contribution in [0.5, 0.6) is 0 Å². The summed E-state index contributed by atoms with van der Waals surface area (Å²) in [6, 6.07) is 67.5. The summed E-state index contributed by atoms with van der Waals surface area (Å²) in [5.41, 5.74) is 15.4.